The van der Waals surface area contributed by atoms with Crippen LogP contribution in [-0.4, -0.2) is 23.2 Å². The van der Waals surface area contributed by atoms with Crippen LogP contribution in [0.5, 0.6) is 0 Å². The second kappa shape index (κ2) is 3.66. The molecule has 2 rings (SSSR count). The molecule has 1 aliphatic heterocycles. The van der Waals surface area contributed by atoms with Gasteiger partial charge in [0.2, 0.25) is 0 Å². The molecule has 1 heterocycles. The first kappa shape index (κ1) is 9.00. The third-order valence-electron chi connectivity index (χ3n) is 3.45. The highest BCUT2D eigenvalue weighted by molar-refractivity contribution is 5.73. The maximum Gasteiger partial charge on any atom is 0.320 e. The fraction of sp³-hybridized carbons (Fsp3) is 0.900. The van der Waals surface area contributed by atoms with Crippen LogP contribution in [0.2, 0.25) is 0 Å². The van der Waals surface area contributed by atoms with Gasteiger partial charge in [-0.15, -0.1) is 0 Å². The molecule has 2 unspecified atom stereocenters. The molecule has 0 radical (unpaired) electrons. The maximum absolute atomic E-state index is 10.7. The monoisotopic (exact) mass is 183 g/mol. The molecule has 1 aliphatic carbocycles. The molecule has 0 bridgehead atoms. The molecule has 74 valence electrons. The molecular weight excluding hydrogens is 166 g/mol. The number of hydrogen-bond acceptors (Lipinski definition) is 2. The van der Waals surface area contributed by atoms with Gasteiger partial charge in [0.15, 0.2) is 0 Å². The van der Waals surface area contributed by atoms with Gasteiger partial charge in [-0.1, -0.05) is 12.8 Å². The molecule has 0 spiro atoms. The third-order valence-corrected chi connectivity index (χ3v) is 3.45. The Kier molecular flexibility index (Phi) is 2.54. The van der Waals surface area contributed by atoms with E-state index in [1.165, 1.54) is 25.7 Å². The van der Waals surface area contributed by atoms with Crippen molar-refractivity contribution in [1.29, 1.82) is 0 Å². The summed E-state index contributed by atoms with van der Waals surface area (Å²) in [6.45, 7) is 0. The van der Waals surface area contributed by atoms with E-state index in [-0.39, 0.29) is 6.04 Å². The van der Waals surface area contributed by atoms with Crippen LogP contribution >= 0.6 is 0 Å². The van der Waals surface area contributed by atoms with E-state index in [9.17, 15) is 4.79 Å². The quantitative estimate of drug-likeness (QED) is 0.680. The van der Waals surface area contributed by atoms with Gasteiger partial charge in [-0.25, -0.2) is 0 Å². The molecule has 1 saturated carbocycles. The Hall–Kier alpha value is -0.570. The van der Waals surface area contributed by atoms with E-state index in [0.29, 0.717) is 6.04 Å². The molecule has 0 aromatic rings. The van der Waals surface area contributed by atoms with Gasteiger partial charge >= 0.3 is 5.97 Å². The zero-order valence-electron chi connectivity index (χ0n) is 7.83. The average Bonchev–Trinajstić information content (AvgIpc) is 2.75. The lowest BCUT2D eigenvalue weighted by Gasteiger charge is -2.18. The smallest absolute Gasteiger partial charge is 0.320 e. The predicted octanol–water partition coefficient (Wildman–Crippen LogP) is 1.38. The summed E-state index contributed by atoms with van der Waals surface area (Å²) in [4.78, 5) is 10.7. The zero-order chi connectivity index (χ0) is 9.26. The van der Waals surface area contributed by atoms with Gasteiger partial charge in [-0.05, 0) is 31.6 Å². The first-order valence-corrected chi connectivity index (χ1v) is 5.26. The number of carboxylic acids is 1. The number of nitrogens with one attached hydrogen (secondary N) is 1. The second-order valence-corrected chi connectivity index (χ2v) is 4.29. The second-order valence-electron chi connectivity index (χ2n) is 4.29. The fourth-order valence-electron chi connectivity index (χ4n) is 2.70. The van der Waals surface area contributed by atoms with E-state index < -0.39 is 5.97 Å². The van der Waals surface area contributed by atoms with Crippen LogP contribution in [0.3, 0.4) is 0 Å². The molecule has 2 N–H and O–H groups in total. The van der Waals surface area contributed by atoms with E-state index in [0.717, 1.165) is 18.8 Å². The fourth-order valence-corrected chi connectivity index (χ4v) is 2.70. The number of carboxylic acid groups (broad SMARTS) is 1. The highest BCUT2D eigenvalue weighted by Gasteiger charge is 2.34. The Labute approximate surface area is 78.5 Å². The Morgan fingerprint density at radius 3 is 2.38 bits per heavy atom. The van der Waals surface area contributed by atoms with Crippen LogP contribution in [0.1, 0.15) is 38.5 Å². The molecule has 3 nitrogen and oxygen atoms in total. The van der Waals surface area contributed by atoms with Crippen molar-refractivity contribution < 1.29 is 9.90 Å². The summed E-state index contributed by atoms with van der Waals surface area (Å²) in [5, 5.41) is 12.0. The summed E-state index contributed by atoms with van der Waals surface area (Å²) in [7, 11) is 0. The number of aliphatic carboxylic acids is 1. The summed E-state index contributed by atoms with van der Waals surface area (Å²) in [6, 6.07) is 0.217. The summed E-state index contributed by atoms with van der Waals surface area (Å²) in [6.07, 6.45) is 7.13. The van der Waals surface area contributed by atoms with Crippen LogP contribution in [0.4, 0.5) is 0 Å². The van der Waals surface area contributed by atoms with Crippen molar-refractivity contribution in [3.8, 4) is 0 Å². The Bertz CT molecular complexity index is 199. The number of hydrogen-bond donors (Lipinski definition) is 2. The van der Waals surface area contributed by atoms with Crippen molar-refractivity contribution >= 4 is 5.97 Å². The van der Waals surface area contributed by atoms with Gasteiger partial charge in [0.1, 0.15) is 6.04 Å². The van der Waals surface area contributed by atoms with E-state index in [4.69, 9.17) is 5.11 Å². The lowest BCUT2D eigenvalue weighted by Crippen LogP contribution is -2.38. The minimum Gasteiger partial charge on any atom is -0.480 e. The summed E-state index contributed by atoms with van der Waals surface area (Å²) in [5.74, 6) is 0.0739. The Balaban J connectivity index is 1.86. The SMILES string of the molecule is O=C(O)C1CCC(C2CCCC2)N1. The van der Waals surface area contributed by atoms with Crippen LogP contribution < -0.4 is 5.32 Å². The van der Waals surface area contributed by atoms with Crippen LogP contribution in [0.15, 0.2) is 0 Å². The van der Waals surface area contributed by atoms with Gasteiger partial charge in [0, 0.05) is 6.04 Å². The third kappa shape index (κ3) is 1.85. The van der Waals surface area contributed by atoms with Crippen molar-refractivity contribution in [1.82, 2.24) is 5.32 Å². The molecule has 2 atom stereocenters. The van der Waals surface area contributed by atoms with Gasteiger partial charge in [-0.2, -0.15) is 0 Å². The molecule has 0 amide bonds. The van der Waals surface area contributed by atoms with Crippen LogP contribution in [0, 0.1) is 5.92 Å². The summed E-state index contributed by atoms with van der Waals surface area (Å²) in [5.41, 5.74) is 0. The van der Waals surface area contributed by atoms with Crippen molar-refractivity contribution in [3.63, 3.8) is 0 Å². The van der Waals surface area contributed by atoms with Crippen molar-refractivity contribution in [3.05, 3.63) is 0 Å². The first-order valence-electron chi connectivity index (χ1n) is 5.26. The molecule has 0 aromatic carbocycles. The number of rotatable bonds is 2. The average molecular weight is 183 g/mol. The van der Waals surface area contributed by atoms with Gasteiger partial charge in [-0.3, -0.25) is 4.79 Å². The Morgan fingerprint density at radius 2 is 1.85 bits per heavy atom. The Morgan fingerprint density at radius 1 is 1.15 bits per heavy atom. The summed E-state index contributed by atoms with van der Waals surface area (Å²) < 4.78 is 0. The van der Waals surface area contributed by atoms with Crippen LogP contribution in [-0.2, 0) is 4.79 Å². The molecule has 0 aromatic heterocycles. The predicted molar refractivity (Wildman–Crippen MR) is 49.5 cm³/mol. The standard InChI is InChI=1S/C10H17NO2/c12-10(13)9-6-5-8(11-9)7-3-1-2-4-7/h7-9,11H,1-6H2,(H,12,13). The van der Waals surface area contributed by atoms with Gasteiger partial charge < -0.3 is 10.4 Å². The molecule has 2 fully saturated rings. The lowest BCUT2D eigenvalue weighted by molar-refractivity contribution is -0.139. The van der Waals surface area contributed by atoms with E-state index in [2.05, 4.69) is 5.32 Å². The van der Waals surface area contributed by atoms with Gasteiger partial charge in [0.25, 0.3) is 0 Å². The maximum atomic E-state index is 10.7. The minimum atomic E-state index is -0.680. The van der Waals surface area contributed by atoms with Crippen LogP contribution in [0.25, 0.3) is 0 Å². The highest BCUT2D eigenvalue weighted by Crippen LogP contribution is 2.32. The van der Waals surface area contributed by atoms with E-state index >= 15 is 0 Å². The van der Waals surface area contributed by atoms with E-state index in [1.54, 1.807) is 0 Å². The number of carbonyl (C=O) groups is 1. The van der Waals surface area contributed by atoms with E-state index in [1.807, 2.05) is 0 Å². The van der Waals surface area contributed by atoms with Crippen molar-refractivity contribution in [2.75, 3.05) is 0 Å². The van der Waals surface area contributed by atoms with Gasteiger partial charge in [0.05, 0.1) is 0 Å². The summed E-state index contributed by atoms with van der Waals surface area (Å²) >= 11 is 0. The topological polar surface area (TPSA) is 49.3 Å². The normalized spacial score (nSPS) is 35.4. The molecule has 2 aliphatic rings. The molecule has 13 heavy (non-hydrogen) atoms. The zero-order valence-corrected chi connectivity index (χ0v) is 7.83. The van der Waals surface area contributed by atoms with Crippen molar-refractivity contribution in [2.45, 2.75) is 50.6 Å². The molecular formula is C10H17NO2. The minimum absolute atomic E-state index is 0.273. The largest absolute Gasteiger partial charge is 0.480 e. The van der Waals surface area contributed by atoms with Crippen molar-refractivity contribution in [2.24, 2.45) is 5.92 Å². The first-order chi connectivity index (χ1) is 6.27. The molecule has 3 heteroatoms. The molecule has 1 saturated heterocycles. The highest BCUT2D eigenvalue weighted by atomic mass is 16.4. The lowest BCUT2D eigenvalue weighted by atomic mass is 9.97.